The van der Waals surface area contributed by atoms with E-state index in [0.29, 0.717) is 6.42 Å². The van der Waals surface area contributed by atoms with Gasteiger partial charge in [-0.3, -0.25) is 4.79 Å². The zero-order valence-corrected chi connectivity index (χ0v) is 12.7. The highest BCUT2D eigenvalue weighted by molar-refractivity contribution is 5.76. The van der Waals surface area contributed by atoms with E-state index in [1.165, 1.54) is 11.3 Å². The van der Waals surface area contributed by atoms with Crippen LogP contribution in [-0.4, -0.2) is 44.0 Å². The second kappa shape index (κ2) is 6.75. The smallest absolute Gasteiger partial charge is 0.220 e. The first kappa shape index (κ1) is 14.9. The molecular weight excluding hydrogens is 250 g/mol. The molecule has 110 valence electrons. The Morgan fingerprint density at radius 3 is 2.65 bits per heavy atom. The third-order valence-electron chi connectivity index (χ3n) is 3.94. The number of amides is 1. The number of nitrogens with one attached hydrogen (secondary N) is 1. The Kier molecular flexibility index (Phi) is 5.01. The van der Waals surface area contributed by atoms with E-state index in [0.717, 1.165) is 26.2 Å². The summed E-state index contributed by atoms with van der Waals surface area (Å²) in [6.07, 6.45) is 0.530. The number of likely N-dealkylation sites (N-methyl/N-ethyl adjacent to an activating group) is 1. The number of hydrogen-bond donors (Lipinski definition) is 1. The lowest BCUT2D eigenvalue weighted by Crippen LogP contribution is -2.44. The Labute approximate surface area is 121 Å². The van der Waals surface area contributed by atoms with Gasteiger partial charge in [0.2, 0.25) is 5.91 Å². The molecule has 4 nitrogen and oxygen atoms in total. The maximum absolute atomic E-state index is 11.5. The molecule has 1 aromatic carbocycles. The van der Waals surface area contributed by atoms with E-state index >= 15 is 0 Å². The Balaban J connectivity index is 2.05. The minimum Gasteiger partial charge on any atom is -0.369 e. The van der Waals surface area contributed by atoms with E-state index in [9.17, 15) is 4.79 Å². The molecule has 0 bridgehead atoms. The predicted molar refractivity (Wildman–Crippen MR) is 83.0 cm³/mol. The summed E-state index contributed by atoms with van der Waals surface area (Å²) in [5.41, 5.74) is 2.43. The molecule has 1 amide bonds. The molecule has 1 heterocycles. The predicted octanol–water partition coefficient (Wildman–Crippen LogP) is 2.03. The Hall–Kier alpha value is -1.55. The molecule has 2 rings (SSSR count). The van der Waals surface area contributed by atoms with Crippen molar-refractivity contribution in [2.75, 3.05) is 38.1 Å². The lowest BCUT2D eigenvalue weighted by atomic mass is 10.1. The van der Waals surface area contributed by atoms with E-state index in [2.05, 4.69) is 46.4 Å². The van der Waals surface area contributed by atoms with Crippen LogP contribution in [0.1, 0.15) is 31.9 Å². The number of carbonyl (C=O) groups is 1. The van der Waals surface area contributed by atoms with Gasteiger partial charge in [-0.15, -0.1) is 0 Å². The van der Waals surface area contributed by atoms with Crippen LogP contribution in [0, 0.1) is 0 Å². The van der Waals surface area contributed by atoms with E-state index in [1.807, 2.05) is 13.8 Å². The van der Waals surface area contributed by atoms with Crippen LogP contribution >= 0.6 is 0 Å². The minimum atomic E-state index is 0.0647. The molecule has 1 aliphatic heterocycles. The lowest BCUT2D eigenvalue weighted by Gasteiger charge is -2.34. The van der Waals surface area contributed by atoms with Crippen LogP contribution in [0.15, 0.2) is 24.3 Å². The molecule has 0 saturated carbocycles. The van der Waals surface area contributed by atoms with Crippen LogP contribution in [0.25, 0.3) is 0 Å². The zero-order valence-electron chi connectivity index (χ0n) is 12.7. The number of hydrogen-bond acceptors (Lipinski definition) is 3. The van der Waals surface area contributed by atoms with Crippen LogP contribution in [0.3, 0.4) is 0 Å². The van der Waals surface area contributed by atoms with Gasteiger partial charge in [0.05, 0.1) is 6.04 Å². The molecule has 0 radical (unpaired) electrons. The van der Waals surface area contributed by atoms with Crippen molar-refractivity contribution in [1.82, 2.24) is 10.2 Å². The molecule has 0 aromatic heterocycles. The Morgan fingerprint density at radius 2 is 2.00 bits per heavy atom. The van der Waals surface area contributed by atoms with Gasteiger partial charge in [0.1, 0.15) is 0 Å². The summed E-state index contributed by atoms with van der Waals surface area (Å²) in [6, 6.07) is 8.59. The van der Waals surface area contributed by atoms with Gasteiger partial charge in [-0.2, -0.15) is 0 Å². The SMILES string of the molecule is CCC(=O)N[C@H](C)c1cccc(N2CCN(C)CC2)c1. The molecule has 1 saturated heterocycles. The standard InChI is InChI=1S/C16H25N3O/c1-4-16(20)17-13(2)14-6-5-7-15(12-14)19-10-8-18(3)9-11-19/h5-7,12-13H,4,8-11H2,1-3H3,(H,17,20)/t13-/m1/s1. The monoisotopic (exact) mass is 275 g/mol. The van der Waals surface area contributed by atoms with Gasteiger partial charge in [-0.05, 0) is 31.7 Å². The number of nitrogens with zero attached hydrogens (tertiary/aromatic N) is 2. The normalized spacial score (nSPS) is 17.9. The zero-order chi connectivity index (χ0) is 14.5. The molecular formula is C16H25N3O. The highest BCUT2D eigenvalue weighted by Gasteiger charge is 2.15. The van der Waals surface area contributed by atoms with Crippen molar-refractivity contribution in [2.45, 2.75) is 26.3 Å². The van der Waals surface area contributed by atoms with Crippen molar-refractivity contribution in [2.24, 2.45) is 0 Å². The van der Waals surface area contributed by atoms with Crippen LogP contribution in [0.5, 0.6) is 0 Å². The number of rotatable bonds is 4. The van der Waals surface area contributed by atoms with Crippen molar-refractivity contribution in [3.8, 4) is 0 Å². The number of benzene rings is 1. The molecule has 1 aliphatic rings. The van der Waals surface area contributed by atoms with Gasteiger partial charge in [0.25, 0.3) is 0 Å². The molecule has 1 aromatic rings. The van der Waals surface area contributed by atoms with E-state index < -0.39 is 0 Å². The molecule has 0 spiro atoms. The first-order valence-corrected chi connectivity index (χ1v) is 7.43. The summed E-state index contributed by atoms with van der Waals surface area (Å²) >= 11 is 0. The third-order valence-corrected chi connectivity index (χ3v) is 3.94. The lowest BCUT2D eigenvalue weighted by molar-refractivity contribution is -0.121. The highest BCUT2D eigenvalue weighted by Crippen LogP contribution is 2.21. The van der Waals surface area contributed by atoms with Gasteiger partial charge < -0.3 is 15.1 Å². The number of carbonyl (C=O) groups excluding carboxylic acids is 1. The van der Waals surface area contributed by atoms with Crippen molar-refractivity contribution in [3.63, 3.8) is 0 Å². The largest absolute Gasteiger partial charge is 0.369 e. The summed E-state index contributed by atoms with van der Waals surface area (Å²) in [7, 11) is 2.16. The summed E-state index contributed by atoms with van der Waals surface area (Å²) in [4.78, 5) is 16.3. The average Bonchev–Trinajstić information content (AvgIpc) is 2.48. The molecule has 0 aliphatic carbocycles. The van der Waals surface area contributed by atoms with Crippen LogP contribution in [-0.2, 0) is 4.79 Å². The summed E-state index contributed by atoms with van der Waals surface area (Å²) in [5.74, 6) is 0.0995. The fourth-order valence-electron chi connectivity index (χ4n) is 2.48. The van der Waals surface area contributed by atoms with E-state index in [4.69, 9.17) is 0 Å². The fraction of sp³-hybridized carbons (Fsp3) is 0.562. The third kappa shape index (κ3) is 3.73. The second-order valence-corrected chi connectivity index (χ2v) is 5.53. The highest BCUT2D eigenvalue weighted by atomic mass is 16.1. The summed E-state index contributed by atoms with van der Waals surface area (Å²) < 4.78 is 0. The van der Waals surface area contributed by atoms with Gasteiger partial charge in [-0.25, -0.2) is 0 Å². The number of piperazine rings is 1. The first-order valence-electron chi connectivity index (χ1n) is 7.43. The molecule has 0 unspecified atom stereocenters. The fourth-order valence-corrected chi connectivity index (χ4v) is 2.48. The first-order chi connectivity index (χ1) is 9.60. The molecule has 20 heavy (non-hydrogen) atoms. The topological polar surface area (TPSA) is 35.6 Å². The molecule has 1 atom stereocenters. The second-order valence-electron chi connectivity index (χ2n) is 5.53. The van der Waals surface area contributed by atoms with Gasteiger partial charge >= 0.3 is 0 Å². The Bertz CT molecular complexity index is 453. The van der Waals surface area contributed by atoms with Crippen molar-refractivity contribution < 1.29 is 4.79 Å². The maximum atomic E-state index is 11.5. The molecule has 4 heteroatoms. The van der Waals surface area contributed by atoms with Crippen LogP contribution in [0.2, 0.25) is 0 Å². The van der Waals surface area contributed by atoms with Gasteiger partial charge in [0, 0.05) is 38.3 Å². The number of anilines is 1. The van der Waals surface area contributed by atoms with E-state index in [-0.39, 0.29) is 11.9 Å². The van der Waals surface area contributed by atoms with Crippen molar-refractivity contribution in [1.29, 1.82) is 0 Å². The van der Waals surface area contributed by atoms with Crippen molar-refractivity contribution in [3.05, 3.63) is 29.8 Å². The Morgan fingerprint density at radius 1 is 1.30 bits per heavy atom. The molecule has 1 N–H and O–H groups in total. The van der Waals surface area contributed by atoms with Crippen LogP contribution < -0.4 is 10.2 Å². The average molecular weight is 275 g/mol. The van der Waals surface area contributed by atoms with Crippen molar-refractivity contribution >= 4 is 11.6 Å². The van der Waals surface area contributed by atoms with Gasteiger partial charge in [-0.1, -0.05) is 19.1 Å². The quantitative estimate of drug-likeness (QED) is 0.913. The maximum Gasteiger partial charge on any atom is 0.220 e. The van der Waals surface area contributed by atoms with Gasteiger partial charge in [0.15, 0.2) is 0 Å². The minimum absolute atomic E-state index is 0.0647. The molecule has 1 fully saturated rings. The summed E-state index contributed by atoms with van der Waals surface area (Å²) in [6.45, 7) is 8.25. The summed E-state index contributed by atoms with van der Waals surface area (Å²) in [5, 5.41) is 3.02. The van der Waals surface area contributed by atoms with E-state index in [1.54, 1.807) is 0 Å². The van der Waals surface area contributed by atoms with Crippen LogP contribution in [0.4, 0.5) is 5.69 Å².